The summed E-state index contributed by atoms with van der Waals surface area (Å²) in [6.45, 7) is 5.32. The van der Waals surface area contributed by atoms with Gasteiger partial charge in [-0.3, -0.25) is 4.55 Å². The molecule has 0 unspecified atom stereocenters. The maximum Gasteiger partial charge on any atom is 0.289 e. The molecule has 0 saturated carbocycles. The van der Waals surface area contributed by atoms with Gasteiger partial charge in [-0.15, -0.1) is 0 Å². The summed E-state index contributed by atoms with van der Waals surface area (Å²) in [4.78, 5) is 0. The van der Waals surface area contributed by atoms with Crippen molar-refractivity contribution in [2.24, 2.45) is 0 Å². The van der Waals surface area contributed by atoms with E-state index in [1.807, 2.05) is 0 Å². The molecule has 60 valence electrons. The van der Waals surface area contributed by atoms with E-state index in [0.29, 0.717) is 5.57 Å². The van der Waals surface area contributed by atoms with Crippen molar-refractivity contribution < 1.29 is 17.7 Å². The standard InChI is InChI=1S/C5H10O4S/c1-5(2)3-9-4-10(6,7)8/h1,3-4H2,2H3,(H,6,7,8). The first-order valence-electron chi connectivity index (χ1n) is 2.59. The molecule has 0 fully saturated rings. The van der Waals surface area contributed by atoms with Crippen LogP contribution in [0.2, 0.25) is 0 Å². The highest BCUT2D eigenvalue weighted by molar-refractivity contribution is 7.85. The first kappa shape index (κ1) is 9.61. The SMILES string of the molecule is C=C(C)COCS(=O)(=O)O. The molecule has 0 aromatic heterocycles. The summed E-state index contributed by atoms with van der Waals surface area (Å²) in [7, 11) is -3.98. The van der Waals surface area contributed by atoms with Crippen molar-refractivity contribution in [1.29, 1.82) is 0 Å². The van der Waals surface area contributed by atoms with Gasteiger partial charge in [0.15, 0.2) is 5.94 Å². The average Bonchev–Trinajstić information content (AvgIpc) is 1.59. The van der Waals surface area contributed by atoms with E-state index in [1.54, 1.807) is 6.92 Å². The van der Waals surface area contributed by atoms with E-state index in [2.05, 4.69) is 11.3 Å². The van der Waals surface area contributed by atoms with Gasteiger partial charge in [0.1, 0.15) is 0 Å². The van der Waals surface area contributed by atoms with Crippen molar-refractivity contribution >= 4 is 10.1 Å². The molecule has 0 radical (unpaired) electrons. The minimum Gasteiger partial charge on any atom is -0.359 e. The van der Waals surface area contributed by atoms with Crippen LogP contribution in [0.5, 0.6) is 0 Å². The second-order valence-corrected chi connectivity index (χ2v) is 3.40. The molecule has 0 bridgehead atoms. The molecule has 0 amide bonds. The number of ether oxygens (including phenoxy) is 1. The first-order valence-corrected chi connectivity index (χ1v) is 4.20. The van der Waals surface area contributed by atoms with Crippen molar-refractivity contribution in [3.63, 3.8) is 0 Å². The Labute approximate surface area is 60.3 Å². The lowest BCUT2D eigenvalue weighted by Gasteiger charge is -1.99. The second-order valence-electron chi connectivity index (χ2n) is 2.01. The van der Waals surface area contributed by atoms with Gasteiger partial charge < -0.3 is 4.74 Å². The third-order valence-corrected chi connectivity index (χ3v) is 1.05. The molecule has 0 spiro atoms. The van der Waals surface area contributed by atoms with E-state index in [-0.39, 0.29) is 6.61 Å². The molecule has 0 atom stereocenters. The predicted octanol–water partition coefficient (Wildman–Crippen LogP) is 0.424. The summed E-state index contributed by atoms with van der Waals surface area (Å²) in [5.74, 6) is -0.667. The molecule has 4 nitrogen and oxygen atoms in total. The van der Waals surface area contributed by atoms with E-state index in [9.17, 15) is 8.42 Å². The van der Waals surface area contributed by atoms with Crippen LogP contribution in [-0.4, -0.2) is 25.5 Å². The maximum absolute atomic E-state index is 10.0. The van der Waals surface area contributed by atoms with Crippen LogP contribution >= 0.6 is 0 Å². The Morgan fingerprint density at radius 1 is 1.70 bits per heavy atom. The van der Waals surface area contributed by atoms with Crippen LogP contribution < -0.4 is 0 Å². The van der Waals surface area contributed by atoms with Crippen LogP contribution in [0.25, 0.3) is 0 Å². The minimum absolute atomic E-state index is 0.153. The van der Waals surface area contributed by atoms with Gasteiger partial charge in [-0.25, -0.2) is 0 Å². The van der Waals surface area contributed by atoms with Gasteiger partial charge in [0, 0.05) is 0 Å². The van der Waals surface area contributed by atoms with Gasteiger partial charge in [0.05, 0.1) is 6.61 Å². The summed E-state index contributed by atoms with van der Waals surface area (Å²) < 4.78 is 32.7. The van der Waals surface area contributed by atoms with Crippen molar-refractivity contribution in [3.8, 4) is 0 Å². The quantitative estimate of drug-likeness (QED) is 0.485. The molecule has 5 heteroatoms. The van der Waals surface area contributed by atoms with Gasteiger partial charge in [0.2, 0.25) is 0 Å². The highest BCUT2D eigenvalue weighted by Gasteiger charge is 2.02. The third kappa shape index (κ3) is 7.61. The lowest BCUT2D eigenvalue weighted by Crippen LogP contribution is -2.08. The number of hydrogen-bond acceptors (Lipinski definition) is 3. The summed E-state index contributed by atoms with van der Waals surface area (Å²) in [5, 5.41) is 0. The minimum atomic E-state index is -3.98. The lowest BCUT2D eigenvalue weighted by molar-refractivity contribution is 0.195. The van der Waals surface area contributed by atoms with Crippen LogP contribution in [-0.2, 0) is 14.9 Å². The molecule has 0 aliphatic rings. The van der Waals surface area contributed by atoms with Gasteiger partial charge in [-0.05, 0) is 6.92 Å². The fourth-order valence-electron chi connectivity index (χ4n) is 0.321. The molecule has 0 aliphatic heterocycles. The first-order chi connectivity index (χ1) is 4.42. The van der Waals surface area contributed by atoms with E-state index in [0.717, 1.165) is 0 Å². The summed E-state index contributed by atoms with van der Waals surface area (Å²) in [6.07, 6.45) is 0. The lowest BCUT2D eigenvalue weighted by atomic mass is 10.4. The maximum atomic E-state index is 10.0. The summed E-state index contributed by atoms with van der Waals surface area (Å²) in [5.41, 5.74) is 0.712. The molecule has 0 heterocycles. The fourth-order valence-corrected chi connectivity index (χ4v) is 0.615. The third-order valence-electron chi connectivity index (χ3n) is 0.581. The van der Waals surface area contributed by atoms with Gasteiger partial charge in [0.25, 0.3) is 10.1 Å². The van der Waals surface area contributed by atoms with Crippen LogP contribution in [0.1, 0.15) is 6.92 Å². The second kappa shape index (κ2) is 3.70. The van der Waals surface area contributed by atoms with Crippen molar-refractivity contribution in [1.82, 2.24) is 0 Å². The molecule has 0 aromatic carbocycles. The number of hydrogen-bond donors (Lipinski definition) is 1. The van der Waals surface area contributed by atoms with Crippen LogP contribution in [0.3, 0.4) is 0 Å². The zero-order chi connectivity index (χ0) is 8.20. The molecule has 0 aliphatic carbocycles. The van der Waals surface area contributed by atoms with Gasteiger partial charge in [-0.2, -0.15) is 8.42 Å². The zero-order valence-electron chi connectivity index (χ0n) is 5.70. The van der Waals surface area contributed by atoms with Crippen molar-refractivity contribution in [3.05, 3.63) is 12.2 Å². The van der Waals surface area contributed by atoms with E-state index in [1.165, 1.54) is 0 Å². The Morgan fingerprint density at radius 2 is 2.20 bits per heavy atom. The summed E-state index contributed by atoms with van der Waals surface area (Å²) >= 11 is 0. The molecule has 0 saturated heterocycles. The highest BCUT2D eigenvalue weighted by Crippen LogP contribution is 1.90. The Balaban J connectivity index is 3.49. The Hall–Kier alpha value is -0.390. The Bertz CT molecular complexity index is 204. The largest absolute Gasteiger partial charge is 0.359 e. The Kier molecular flexibility index (Phi) is 3.55. The van der Waals surface area contributed by atoms with Crippen molar-refractivity contribution in [2.75, 3.05) is 12.5 Å². The highest BCUT2D eigenvalue weighted by atomic mass is 32.2. The Morgan fingerprint density at radius 3 is 2.50 bits per heavy atom. The molecular weight excluding hydrogens is 156 g/mol. The van der Waals surface area contributed by atoms with Crippen LogP contribution in [0, 0.1) is 0 Å². The van der Waals surface area contributed by atoms with Gasteiger partial charge in [-0.1, -0.05) is 12.2 Å². The molecule has 1 N–H and O–H groups in total. The van der Waals surface area contributed by atoms with E-state index in [4.69, 9.17) is 4.55 Å². The molecule has 0 rings (SSSR count). The molecular formula is C5H10O4S. The smallest absolute Gasteiger partial charge is 0.289 e. The monoisotopic (exact) mass is 166 g/mol. The molecule has 0 aromatic rings. The molecule has 10 heavy (non-hydrogen) atoms. The topological polar surface area (TPSA) is 63.6 Å². The average molecular weight is 166 g/mol. The zero-order valence-corrected chi connectivity index (χ0v) is 6.52. The van der Waals surface area contributed by atoms with Crippen LogP contribution in [0.4, 0.5) is 0 Å². The van der Waals surface area contributed by atoms with Gasteiger partial charge >= 0.3 is 0 Å². The van der Waals surface area contributed by atoms with Crippen molar-refractivity contribution in [2.45, 2.75) is 6.92 Å². The fraction of sp³-hybridized carbons (Fsp3) is 0.600. The predicted molar refractivity (Wildman–Crippen MR) is 37.2 cm³/mol. The number of rotatable bonds is 4. The normalized spacial score (nSPS) is 11.4. The van der Waals surface area contributed by atoms with E-state index >= 15 is 0 Å². The van der Waals surface area contributed by atoms with Crippen LogP contribution in [0.15, 0.2) is 12.2 Å². The summed E-state index contributed by atoms with van der Waals surface area (Å²) in [6, 6.07) is 0. The van der Waals surface area contributed by atoms with E-state index < -0.39 is 16.1 Å².